The van der Waals surface area contributed by atoms with Gasteiger partial charge in [0.1, 0.15) is 5.82 Å². The minimum absolute atomic E-state index is 0.0306. The predicted octanol–water partition coefficient (Wildman–Crippen LogP) is 3.03. The van der Waals surface area contributed by atoms with Gasteiger partial charge in [-0.1, -0.05) is 30.3 Å². The van der Waals surface area contributed by atoms with E-state index < -0.39 is 5.82 Å². The van der Waals surface area contributed by atoms with Gasteiger partial charge in [0, 0.05) is 19.3 Å². The van der Waals surface area contributed by atoms with Crippen LogP contribution >= 0.6 is 0 Å². The number of nitrogens with zero attached hydrogens (tertiary/aromatic N) is 1. The first-order valence-electron chi connectivity index (χ1n) is 6.84. The molecule has 0 aromatic heterocycles. The number of amides is 1. The summed E-state index contributed by atoms with van der Waals surface area (Å²) in [6.45, 7) is 2.13. The lowest BCUT2D eigenvalue weighted by atomic mass is 10.1. The van der Waals surface area contributed by atoms with Crippen LogP contribution in [0.4, 0.5) is 10.1 Å². The number of rotatable bonds is 4. The van der Waals surface area contributed by atoms with Gasteiger partial charge in [0.15, 0.2) is 0 Å². The molecular formula is C17H19FN2O. The Morgan fingerprint density at radius 2 is 1.90 bits per heavy atom. The zero-order chi connectivity index (χ0) is 15.4. The van der Waals surface area contributed by atoms with Crippen molar-refractivity contribution in [1.29, 1.82) is 0 Å². The standard InChI is InChI=1S/C17H19FN2O/c1-12-10-14(19)11-15(16(12)18)17(21)20(2)9-8-13-6-4-3-5-7-13/h3-7,10-11H,8-9,19H2,1-2H3. The number of carbonyl (C=O) groups excluding carboxylic acids is 1. The van der Waals surface area contributed by atoms with E-state index in [1.54, 1.807) is 14.0 Å². The third kappa shape index (κ3) is 3.60. The number of nitrogen functional groups attached to an aromatic ring is 1. The number of halogens is 1. The van der Waals surface area contributed by atoms with Gasteiger partial charge in [0.25, 0.3) is 5.91 Å². The van der Waals surface area contributed by atoms with Gasteiger partial charge in [-0.25, -0.2) is 4.39 Å². The summed E-state index contributed by atoms with van der Waals surface area (Å²) in [5, 5.41) is 0. The Balaban J connectivity index is 2.09. The molecule has 2 N–H and O–H groups in total. The molecule has 2 rings (SSSR count). The van der Waals surface area contributed by atoms with Gasteiger partial charge in [-0.15, -0.1) is 0 Å². The summed E-state index contributed by atoms with van der Waals surface area (Å²) in [5.41, 5.74) is 7.65. The molecule has 2 aromatic carbocycles. The Kier molecular flexibility index (Phi) is 4.58. The van der Waals surface area contributed by atoms with E-state index in [1.807, 2.05) is 30.3 Å². The van der Waals surface area contributed by atoms with Gasteiger partial charge < -0.3 is 10.6 Å². The van der Waals surface area contributed by atoms with Gasteiger partial charge in [-0.2, -0.15) is 0 Å². The highest BCUT2D eigenvalue weighted by atomic mass is 19.1. The van der Waals surface area contributed by atoms with Gasteiger partial charge in [0.2, 0.25) is 0 Å². The van der Waals surface area contributed by atoms with Crippen LogP contribution in [0.25, 0.3) is 0 Å². The van der Waals surface area contributed by atoms with Gasteiger partial charge in [0.05, 0.1) is 5.56 Å². The minimum Gasteiger partial charge on any atom is -0.399 e. The molecule has 0 fully saturated rings. The second-order valence-corrected chi connectivity index (χ2v) is 5.16. The Hall–Kier alpha value is -2.36. The fourth-order valence-corrected chi connectivity index (χ4v) is 2.20. The fraction of sp³-hybridized carbons (Fsp3) is 0.235. The molecule has 0 spiro atoms. The predicted molar refractivity (Wildman–Crippen MR) is 82.7 cm³/mol. The van der Waals surface area contributed by atoms with Crippen LogP contribution < -0.4 is 5.73 Å². The first-order chi connectivity index (χ1) is 9.99. The molecule has 0 aliphatic heterocycles. The summed E-state index contributed by atoms with van der Waals surface area (Å²) in [6, 6.07) is 12.8. The zero-order valence-corrected chi connectivity index (χ0v) is 12.3. The lowest BCUT2D eigenvalue weighted by molar-refractivity contribution is 0.0792. The van der Waals surface area contributed by atoms with E-state index in [0.717, 1.165) is 12.0 Å². The van der Waals surface area contributed by atoms with Crippen molar-refractivity contribution < 1.29 is 9.18 Å². The number of hydrogen-bond donors (Lipinski definition) is 1. The molecule has 0 unspecified atom stereocenters. The second kappa shape index (κ2) is 6.39. The highest BCUT2D eigenvalue weighted by Crippen LogP contribution is 2.18. The molecule has 2 aromatic rings. The van der Waals surface area contributed by atoms with Crippen molar-refractivity contribution in [3.05, 3.63) is 65.0 Å². The maximum atomic E-state index is 14.1. The molecule has 0 saturated heterocycles. The van der Waals surface area contributed by atoms with Crippen molar-refractivity contribution in [1.82, 2.24) is 4.90 Å². The number of likely N-dealkylation sites (N-methyl/N-ethyl adjacent to an activating group) is 1. The smallest absolute Gasteiger partial charge is 0.256 e. The molecule has 3 nitrogen and oxygen atoms in total. The van der Waals surface area contributed by atoms with Crippen molar-refractivity contribution in [3.8, 4) is 0 Å². The molecule has 110 valence electrons. The number of hydrogen-bond acceptors (Lipinski definition) is 2. The maximum absolute atomic E-state index is 14.1. The lowest BCUT2D eigenvalue weighted by Crippen LogP contribution is -2.29. The number of benzene rings is 2. The molecule has 1 amide bonds. The summed E-state index contributed by atoms with van der Waals surface area (Å²) >= 11 is 0. The van der Waals surface area contributed by atoms with Crippen molar-refractivity contribution in [2.45, 2.75) is 13.3 Å². The lowest BCUT2D eigenvalue weighted by Gasteiger charge is -2.18. The molecule has 0 aliphatic carbocycles. The van der Waals surface area contributed by atoms with Crippen molar-refractivity contribution >= 4 is 11.6 Å². The third-order valence-corrected chi connectivity index (χ3v) is 3.43. The normalized spacial score (nSPS) is 10.4. The highest BCUT2D eigenvalue weighted by molar-refractivity contribution is 5.95. The minimum atomic E-state index is -0.499. The van der Waals surface area contributed by atoms with Crippen LogP contribution in [-0.2, 0) is 6.42 Å². The van der Waals surface area contributed by atoms with E-state index in [9.17, 15) is 9.18 Å². The van der Waals surface area contributed by atoms with Crippen molar-refractivity contribution in [2.75, 3.05) is 19.3 Å². The van der Waals surface area contributed by atoms with Crippen LogP contribution in [0.15, 0.2) is 42.5 Å². The maximum Gasteiger partial charge on any atom is 0.256 e. The van der Waals surface area contributed by atoms with Crippen LogP contribution in [0.1, 0.15) is 21.5 Å². The van der Waals surface area contributed by atoms with Gasteiger partial charge >= 0.3 is 0 Å². The number of nitrogens with two attached hydrogens (primary N) is 1. The molecule has 0 aliphatic rings. The van der Waals surface area contributed by atoms with Gasteiger partial charge in [-0.3, -0.25) is 4.79 Å². The Morgan fingerprint density at radius 3 is 2.57 bits per heavy atom. The largest absolute Gasteiger partial charge is 0.399 e. The van der Waals surface area contributed by atoms with E-state index >= 15 is 0 Å². The summed E-state index contributed by atoms with van der Waals surface area (Å²) in [4.78, 5) is 13.8. The molecule has 0 radical (unpaired) electrons. The first kappa shape index (κ1) is 15.0. The zero-order valence-electron chi connectivity index (χ0n) is 12.3. The molecule has 4 heteroatoms. The Labute approximate surface area is 124 Å². The summed E-state index contributed by atoms with van der Waals surface area (Å²) in [5.74, 6) is -0.848. The van der Waals surface area contributed by atoms with Crippen LogP contribution in [0.3, 0.4) is 0 Å². The van der Waals surface area contributed by atoms with Crippen LogP contribution in [0, 0.1) is 12.7 Å². The summed E-state index contributed by atoms with van der Waals surface area (Å²) in [7, 11) is 1.67. The van der Waals surface area contributed by atoms with E-state index in [4.69, 9.17) is 5.73 Å². The number of carbonyl (C=O) groups is 1. The van der Waals surface area contributed by atoms with Crippen LogP contribution in [0.5, 0.6) is 0 Å². The molecule has 0 atom stereocenters. The number of anilines is 1. The van der Waals surface area contributed by atoms with E-state index in [-0.39, 0.29) is 11.5 Å². The number of aryl methyl sites for hydroxylation is 1. The molecular weight excluding hydrogens is 267 g/mol. The van der Waals surface area contributed by atoms with Crippen molar-refractivity contribution in [2.24, 2.45) is 0 Å². The Morgan fingerprint density at radius 1 is 1.24 bits per heavy atom. The summed E-state index contributed by atoms with van der Waals surface area (Å²) in [6.07, 6.45) is 0.728. The monoisotopic (exact) mass is 286 g/mol. The first-order valence-corrected chi connectivity index (χ1v) is 6.84. The average molecular weight is 286 g/mol. The molecule has 0 bridgehead atoms. The topological polar surface area (TPSA) is 46.3 Å². The Bertz CT molecular complexity index is 641. The fourth-order valence-electron chi connectivity index (χ4n) is 2.20. The molecule has 21 heavy (non-hydrogen) atoms. The SMILES string of the molecule is Cc1cc(N)cc(C(=O)N(C)CCc2ccccc2)c1F. The molecule has 0 heterocycles. The highest BCUT2D eigenvalue weighted by Gasteiger charge is 2.18. The average Bonchev–Trinajstić information content (AvgIpc) is 2.48. The molecule has 0 saturated carbocycles. The van der Waals surface area contributed by atoms with Crippen molar-refractivity contribution in [3.63, 3.8) is 0 Å². The van der Waals surface area contributed by atoms with E-state index in [2.05, 4.69) is 0 Å². The summed E-state index contributed by atoms with van der Waals surface area (Å²) < 4.78 is 14.1. The second-order valence-electron chi connectivity index (χ2n) is 5.16. The van der Waals surface area contributed by atoms with E-state index in [0.29, 0.717) is 17.8 Å². The third-order valence-electron chi connectivity index (χ3n) is 3.43. The van der Waals surface area contributed by atoms with Crippen LogP contribution in [-0.4, -0.2) is 24.4 Å². The van der Waals surface area contributed by atoms with Gasteiger partial charge in [-0.05, 0) is 36.6 Å². The van der Waals surface area contributed by atoms with E-state index in [1.165, 1.54) is 17.0 Å². The van der Waals surface area contributed by atoms with Crippen LogP contribution in [0.2, 0.25) is 0 Å². The quantitative estimate of drug-likeness (QED) is 0.878.